The molecule has 0 aromatic heterocycles. The molecule has 1 aromatic carbocycles. The molecule has 0 N–H and O–H groups in total. The molecule has 0 heterocycles. The molecule has 0 bridgehead atoms. The molecule has 0 saturated carbocycles. The Hall–Kier alpha value is -2.03. The van der Waals surface area contributed by atoms with Gasteiger partial charge in [0.2, 0.25) is 5.76 Å². The number of benzene rings is 1. The largest absolute Gasteiger partial charge is 0.490 e. The van der Waals surface area contributed by atoms with E-state index in [0.717, 1.165) is 5.56 Å². The molecular formula is C13H14O3. The summed E-state index contributed by atoms with van der Waals surface area (Å²) in [7, 11) is 2.75. The number of hydrogen-bond donors (Lipinski definition) is 0. The topological polar surface area (TPSA) is 35.5 Å². The molecule has 1 aromatic rings. The van der Waals surface area contributed by atoms with E-state index in [-0.39, 0.29) is 5.76 Å². The van der Waals surface area contributed by atoms with Crippen molar-refractivity contribution in [2.24, 2.45) is 0 Å². The number of methoxy groups -OCH3 is 2. The van der Waals surface area contributed by atoms with Gasteiger partial charge >= 0.3 is 5.97 Å². The molecule has 0 spiro atoms. The predicted molar refractivity (Wildman–Crippen MR) is 62.6 cm³/mol. The van der Waals surface area contributed by atoms with E-state index in [4.69, 9.17) is 4.74 Å². The van der Waals surface area contributed by atoms with Gasteiger partial charge in [0.25, 0.3) is 0 Å². The van der Waals surface area contributed by atoms with Crippen molar-refractivity contribution in [3.8, 4) is 0 Å². The molecule has 3 heteroatoms. The highest BCUT2D eigenvalue weighted by molar-refractivity contribution is 5.86. The van der Waals surface area contributed by atoms with Crippen LogP contribution in [-0.2, 0) is 14.3 Å². The van der Waals surface area contributed by atoms with Crippen LogP contribution in [0.25, 0.3) is 6.08 Å². The lowest BCUT2D eigenvalue weighted by molar-refractivity contribution is -0.139. The van der Waals surface area contributed by atoms with Crippen molar-refractivity contribution in [2.45, 2.75) is 0 Å². The van der Waals surface area contributed by atoms with Gasteiger partial charge in [0.1, 0.15) is 0 Å². The number of hydrogen-bond acceptors (Lipinski definition) is 3. The van der Waals surface area contributed by atoms with E-state index >= 15 is 0 Å². The van der Waals surface area contributed by atoms with Gasteiger partial charge in [0.15, 0.2) is 0 Å². The van der Waals surface area contributed by atoms with Crippen LogP contribution in [-0.4, -0.2) is 20.2 Å². The van der Waals surface area contributed by atoms with E-state index in [2.05, 4.69) is 4.74 Å². The third kappa shape index (κ3) is 3.61. The average Bonchev–Trinajstić information content (AvgIpc) is 2.35. The predicted octanol–water partition coefficient (Wildman–Crippen LogP) is 2.40. The summed E-state index contributed by atoms with van der Waals surface area (Å²) in [4.78, 5) is 11.1. The molecule has 0 unspecified atom stereocenters. The van der Waals surface area contributed by atoms with E-state index in [1.54, 1.807) is 12.2 Å². The van der Waals surface area contributed by atoms with Gasteiger partial charge in [-0.3, -0.25) is 0 Å². The van der Waals surface area contributed by atoms with Crippen LogP contribution in [0.4, 0.5) is 0 Å². The number of esters is 1. The van der Waals surface area contributed by atoms with Crippen LogP contribution in [0.5, 0.6) is 0 Å². The molecule has 1 rings (SSSR count). The van der Waals surface area contributed by atoms with Crippen molar-refractivity contribution in [1.82, 2.24) is 0 Å². The molecule has 84 valence electrons. The first kappa shape index (κ1) is 12.0. The second-order valence-electron chi connectivity index (χ2n) is 3.00. The molecule has 0 amide bonds. The summed E-state index contributed by atoms with van der Waals surface area (Å²) in [5.41, 5.74) is 1.05. The second-order valence-corrected chi connectivity index (χ2v) is 3.00. The molecule has 0 aliphatic carbocycles. The lowest BCUT2D eigenvalue weighted by atomic mass is 10.2. The average molecular weight is 218 g/mol. The molecule has 0 fully saturated rings. The van der Waals surface area contributed by atoms with Crippen molar-refractivity contribution in [2.75, 3.05) is 14.2 Å². The Bertz CT molecular complexity index is 391. The highest BCUT2D eigenvalue weighted by atomic mass is 16.6. The Labute approximate surface area is 95.0 Å². The zero-order valence-electron chi connectivity index (χ0n) is 9.34. The fourth-order valence-corrected chi connectivity index (χ4v) is 1.13. The zero-order chi connectivity index (χ0) is 11.8. The van der Waals surface area contributed by atoms with E-state index in [0.29, 0.717) is 0 Å². The molecule has 0 radical (unpaired) electrons. The third-order valence-electron chi connectivity index (χ3n) is 1.94. The monoisotopic (exact) mass is 218 g/mol. The van der Waals surface area contributed by atoms with E-state index in [9.17, 15) is 4.79 Å². The van der Waals surface area contributed by atoms with Crippen LogP contribution >= 0.6 is 0 Å². The van der Waals surface area contributed by atoms with Crippen molar-refractivity contribution in [3.05, 3.63) is 53.8 Å². The SMILES string of the molecule is COC(=O)/C(=C\C=C\c1ccccc1)OC. The summed E-state index contributed by atoms with van der Waals surface area (Å²) in [6.45, 7) is 0. The van der Waals surface area contributed by atoms with Gasteiger partial charge in [0.05, 0.1) is 14.2 Å². The van der Waals surface area contributed by atoms with Crippen LogP contribution in [0.15, 0.2) is 48.2 Å². The summed E-state index contributed by atoms with van der Waals surface area (Å²) >= 11 is 0. The zero-order valence-corrected chi connectivity index (χ0v) is 9.34. The number of carbonyl (C=O) groups is 1. The van der Waals surface area contributed by atoms with E-state index < -0.39 is 5.97 Å². The van der Waals surface area contributed by atoms with Crippen LogP contribution in [0, 0.1) is 0 Å². The van der Waals surface area contributed by atoms with E-state index in [1.165, 1.54) is 14.2 Å². The second kappa shape index (κ2) is 6.45. The summed E-state index contributed by atoms with van der Waals surface area (Å²) in [5.74, 6) is -0.310. The van der Waals surface area contributed by atoms with Crippen molar-refractivity contribution >= 4 is 12.0 Å². The van der Waals surface area contributed by atoms with E-state index in [1.807, 2.05) is 36.4 Å². The van der Waals surface area contributed by atoms with Gasteiger partial charge < -0.3 is 9.47 Å². The smallest absolute Gasteiger partial charge is 0.373 e. The number of rotatable bonds is 4. The Morgan fingerprint density at radius 3 is 2.38 bits per heavy atom. The van der Waals surface area contributed by atoms with Crippen LogP contribution < -0.4 is 0 Å². The Morgan fingerprint density at radius 1 is 1.12 bits per heavy atom. The first-order valence-corrected chi connectivity index (χ1v) is 4.83. The first-order chi connectivity index (χ1) is 7.77. The molecule has 0 saturated heterocycles. The minimum absolute atomic E-state index is 0.176. The Kier molecular flexibility index (Phi) is 4.86. The summed E-state index contributed by atoms with van der Waals surface area (Å²) in [6, 6.07) is 9.77. The molecule has 3 nitrogen and oxygen atoms in total. The molecular weight excluding hydrogens is 204 g/mol. The maximum Gasteiger partial charge on any atom is 0.373 e. The van der Waals surface area contributed by atoms with Gasteiger partial charge in [-0.15, -0.1) is 0 Å². The lowest BCUT2D eigenvalue weighted by Gasteiger charge is -2.01. The summed E-state index contributed by atoms with van der Waals surface area (Å²) < 4.78 is 9.42. The third-order valence-corrected chi connectivity index (χ3v) is 1.94. The van der Waals surface area contributed by atoms with Gasteiger partial charge in [-0.25, -0.2) is 4.79 Å². The highest BCUT2D eigenvalue weighted by Crippen LogP contribution is 2.03. The van der Waals surface area contributed by atoms with Gasteiger partial charge in [-0.05, 0) is 11.6 Å². The first-order valence-electron chi connectivity index (χ1n) is 4.83. The van der Waals surface area contributed by atoms with Gasteiger partial charge in [0, 0.05) is 0 Å². The standard InChI is InChI=1S/C13H14O3/c1-15-12(13(14)16-2)10-6-9-11-7-4-3-5-8-11/h3-10H,1-2H3/b9-6+,12-10+. The van der Waals surface area contributed by atoms with Crippen molar-refractivity contribution in [3.63, 3.8) is 0 Å². The molecule has 0 aliphatic rings. The molecule has 0 aliphatic heterocycles. The van der Waals surface area contributed by atoms with Crippen LogP contribution in [0.2, 0.25) is 0 Å². The normalized spacial score (nSPS) is 11.5. The number of allylic oxidation sites excluding steroid dienone is 2. The van der Waals surface area contributed by atoms with Gasteiger partial charge in [-0.1, -0.05) is 42.5 Å². The fourth-order valence-electron chi connectivity index (χ4n) is 1.13. The number of ether oxygens (including phenoxy) is 2. The van der Waals surface area contributed by atoms with Crippen molar-refractivity contribution in [1.29, 1.82) is 0 Å². The summed E-state index contributed by atoms with van der Waals surface area (Å²) in [5, 5.41) is 0. The Balaban J connectivity index is 2.71. The lowest BCUT2D eigenvalue weighted by Crippen LogP contribution is -2.05. The van der Waals surface area contributed by atoms with Crippen LogP contribution in [0.1, 0.15) is 5.56 Å². The fraction of sp³-hybridized carbons (Fsp3) is 0.154. The minimum atomic E-state index is -0.486. The number of carbonyl (C=O) groups excluding carboxylic acids is 1. The molecule has 0 atom stereocenters. The van der Waals surface area contributed by atoms with Crippen molar-refractivity contribution < 1.29 is 14.3 Å². The van der Waals surface area contributed by atoms with Crippen LogP contribution in [0.3, 0.4) is 0 Å². The highest BCUT2D eigenvalue weighted by Gasteiger charge is 2.06. The maximum atomic E-state index is 11.1. The Morgan fingerprint density at radius 2 is 1.81 bits per heavy atom. The minimum Gasteiger partial charge on any atom is -0.490 e. The quantitative estimate of drug-likeness (QED) is 0.337. The summed E-state index contributed by atoms with van der Waals surface area (Å²) in [6.07, 6.45) is 5.19. The molecule has 16 heavy (non-hydrogen) atoms. The van der Waals surface area contributed by atoms with Gasteiger partial charge in [-0.2, -0.15) is 0 Å². The maximum absolute atomic E-state index is 11.1.